The van der Waals surface area contributed by atoms with Crippen LogP contribution in [0.15, 0.2) is 11.0 Å². The van der Waals surface area contributed by atoms with Crippen molar-refractivity contribution in [3.05, 3.63) is 22.2 Å². The zero-order chi connectivity index (χ0) is 28.6. The van der Waals surface area contributed by atoms with Crippen LogP contribution in [0.25, 0.3) is 0 Å². The summed E-state index contributed by atoms with van der Waals surface area (Å²) in [5, 5.41) is 29.6. The zero-order valence-corrected chi connectivity index (χ0v) is 24.9. The van der Waals surface area contributed by atoms with Gasteiger partial charge in [-0.15, -0.1) is 0 Å². The first kappa shape index (κ1) is 32.1. The van der Waals surface area contributed by atoms with Crippen molar-refractivity contribution in [2.75, 3.05) is 5.73 Å². The Hall–Kier alpha value is -1.15. The molecule has 0 radical (unpaired) electrons. The average molecular weight is 566 g/mol. The maximum atomic E-state index is 12.7. The first-order chi connectivity index (χ1) is 16.8. The van der Waals surface area contributed by atoms with E-state index in [2.05, 4.69) is 38.8 Å². The maximum absolute atomic E-state index is 12.7. The van der Waals surface area contributed by atoms with Crippen molar-refractivity contribution >= 4 is 21.7 Å². The van der Waals surface area contributed by atoms with Crippen LogP contribution in [0, 0.1) is 0 Å². The van der Waals surface area contributed by atoms with Gasteiger partial charge in [-0.25, -0.2) is 4.79 Å². The van der Waals surface area contributed by atoms with Gasteiger partial charge in [-0.05, 0) is 37.9 Å². The van der Waals surface area contributed by atoms with E-state index in [1.54, 1.807) is 13.8 Å². The third kappa shape index (κ3) is 7.08. The zero-order valence-electron chi connectivity index (χ0n) is 23.0. The summed E-state index contributed by atoms with van der Waals surface area (Å²) in [7, 11) is -6.55. The highest BCUT2D eigenvalue weighted by Gasteiger charge is 2.47. The third-order valence-electron chi connectivity index (χ3n) is 7.59. The number of aliphatic hydroxyl groups is 3. The largest absolute Gasteiger partial charge is 0.412 e. The highest BCUT2D eigenvalue weighted by molar-refractivity contribution is 7.54. The number of nitrogens with two attached hydrogens (primary N) is 1. The molecule has 37 heavy (non-hydrogen) atoms. The predicted octanol–water partition coefficient (Wildman–Crippen LogP) is 2.46. The van der Waals surface area contributed by atoms with Crippen molar-refractivity contribution in [3.8, 4) is 0 Å². The van der Waals surface area contributed by atoms with Gasteiger partial charge < -0.3 is 39.6 Å². The lowest BCUT2D eigenvalue weighted by molar-refractivity contribution is -0.0529. The Morgan fingerprint density at radius 1 is 1.24 bits per heavy atom. The molecule has 1 aromatic heterocycles. The second-order valence-corrected chi connectivity index (χ2v) is 18.4. The molecule has 2 heterocycles. The number of aromatic nitrogens is 2. The molecule has 214 valence electrons. The Balaban J connectivity index is 2.25. The Bertz CT molecular complexity index is 1040. The van der Waals surface area contributed by atoms with Gasteiger partial charge in [0.2, 0.25) is 0 Å². The predicted molar refractivity (Wildman–Crippen MR) is 141 cm³/mol. The van der Waals surface area contributed by atoms with Gasteiger partial charge in [-0.2, -0.15) is 4.98 Å². The number of ether oxygens (including phenoxy) is 1. The highest BCUT2D eigenvalue weighted by Crippen LogP contribution is 2.57. The molecule has 0 bridgehead atoms. The molecule has 7 atom stereocenters. The SMILES string of the molecule is CCC(C[C@H]1O[C@@H](n2cc(CO[Si](C)(C)C(C)(C)C)c(N)nc2=O)[C@H](O)[C@@H]1O)OP(=O)(O)[C@@](C)(O)CC. The van der Waals surface area contributed by atoms with Crippen molar-refractivity contribution in [1.82, 2.24) is 9.55 Å². The summed E-state index contributed by atoms with van der Waals surface area (Å²) in [6.07, 6.45) is -4.44. The van der Waals surface area contributed by atoms with Crippen molar-refractivity contribution < 1.29 is 38.5 Å². The van der Waals surface area contributed by atoms with E-state index in [0.717, 1.165) is 4.57 Å². The summed E-state index contributed by atoms with van der Waals surface area (Å²) < 4.78 is 31.1. The Kier molecular flexibility index (Phi) is 9.99. The summed E-state index contributed by atoms with van der Waals surface area (Å²) in [4.78, 5) is 26.8. The quantitative estimate of drug-likeness (QED) is 0.196. The van der Waals surface area contributed by atoms with Gasteiger partial charge in [0.15, 0.2) is 19.9 Å². The first-order valence-corrected chi connectivity index (χ1v) is 17.0. The normalized spacial score (nSPS) is 27.0. The lowest BCUT2D eigenvalue weighted by Crippen LogP contribution is -2.41. The van der Waals surface area contributed by atoms with Crippen molar-refractivity contribution in [3.63, 3.8) is 0 Å². The number of hydrogen-bond acceptors (Lipinski definition) is 10. The fourth-order valence-corrected chi connectivity index (χ4v) is 5.72. The van der Waals surface area contributed by atoms with E-state index in [0.29, 0.717) is 5.56 Å². The van der Waals surface area contributed by atoms with E-state index >= 15 is 0 Å². The molecule has 2 unspecified atom stereocenters. The van der Waals surface area contributed by atoms with Crippen molar-refractivity contribution in [1.29, 1.82) is 0 Å². The van der Waals surface area contributed by atoms with Gasteiger partial charge in [0, 0.05) is 18.2 Å². The molecule has 2 rings (SSSR count). The lowest BCUT2D eigenvalue weighted by Gasteiger charge is -2.36. The van der Waals surface area contributed by atoms with Crippen LogP contribution in [-0.2, 0) is 24.9 Å². The fraction of sp³-hybridized carbons (Fsp3) is 0.826. The summed E-state index contributed by atoms with van der Waals surface area (Å²) in [5.41, 5.74) is 5.65. The molecule has 1 aliphatic heterocycles. The van der Waals surface area contributed by atoms with Gasteiger partial charge >= 0.3 is 13.3 Å². The van der Waals surface area contributed by atoms with E-state index in [1.807, 2.05) is 0 Å². The van der Waals surface area contributed by atoms with E-state index in [9.17, 15) is 29.6 Å². The van der Waals surface area contributed by atoms with E-state index < -0.39 is 57.6 Å². The summed E-state index contributed by atoms with van der Waals surface area (Å²) in [5.74, 6) is 0.00525. The molecule has 0 amide bonds. The molecule has 1 fully saturated rings. The summed E-state index contributed by atoms with van der Waals surface area (Å²) >= 11 is 0. The first-order valence-electron chi connectivity index (χ1n) is 12.5. The Labute approximate surface area is 219 Å². The van der Waals surface area contributed by atoms with Crippen LogP contribution >= 0.6 is 7.60 Å². The maximum Gasteiger partial charge on any atom is 0.359 e. The second-order valence-electron chi connectivity index (χ2n) is 11.4. The molecule has 1 aliphatic rings. The van der Waals surface area contributed by atoms with E-state index in [4.69, 9.17) is 19.4 Å². The molecule has 0 saturated carbocycles. The molecule has 0 spiro atoms. The third-order valence-corrected chi connectivity index (χ3v) is 14.2. The number of nitrogens with zero attached hydrogens (tertiary/aromatic N) is 2. The fourth-order valence-electron chi connectivity index (χ4n) is 3.50. The number of rotatable bonds is 11. The molecular weight excluding hydrogens is 521 g/mol. The van der Waals surface area contributed by atoms with Crippen molar-refractivity contribution in [2.24, 2.45) is 0 Å². The van der Waals surface area contributed by atoms with Crippen LogP contribution in [0.3, 0.4) is 0 Å². The van der Waals surface area contributed by atoms with Crippen LogP contribution in [0.5, 0.6) is 0 Å². The number of hydrogen-bond donors (Lipinski definition) is 5. The van der Waals surface area contributed by atoms with Crippen LogP contribution in [0.1, 0.15) is 72.6 Å². The number of anilines is 1. The number of nitrogen functional groups attached to an aromatic ring is 1. The highest BCUT2D eigenvalue weighted by atomic mass is 31.2. The van der Waals surface area contributed by atoms with Gasteiger partial charge in [0.05, 0.1) is 18.8 Å². The standard InChI is InChI=1S/C23H44N3O9PSi/c1-9-15(35-36(31,32)23(6,30)10-2)11-16-17(27)18(28)20(34-16)26-12-14(19(24)25-21(26)29)13-33-37(7,8)22(3,4)5/h12,15-18,20,27-28,30H,9-11,13H2,1-8H3,(H,31,32)(H2,24,25,29)/t15?,16-,17-,18-,20-,23-/m1/s1. The smallest absolute Gasteiger partial charge is 0.359 e. The number of aliphatic hydroxyl groups excluding tert-OH is 2. The monoisotopic (exact) mass is 565 g/mol. The topological polar surface area (TPSA) is 187 Å². The minimum Gasteiger partial charge on any atom is -0.412 e. The van der Waals surface area contributed by atoms with Gasteiger partial charge in [0.25, 0.3) is 0 Å². The molecule has 6 N–H and O–H groups in total. The van der Waals surface area contributed by atoms with E-state index in [1.165, 1.54) is 13.1 Å². The summed E-state index contributed by atoms with van der Waals surface area (Å²) in [6, 6.07) is 0. The lowest BCUT2D eigenvalue weighted by atomic mass is 10.0. The second kappa shape index (κ2) is 11.5. The molecule has 12 nitrogen and oxygen atoms in total. The Morgan fingerprint density at radius 2 is 1.84 bits per heavy atom. The van der Waals surface area contributed by atoms with E-state index in [-0.39, 0.29) is 36.7 Å². The summed E-state index contributed by atoms with van der Waals surface area (Å²) in [6.45, 7) is 15.0. The van der Waals surface area contributed by atoms with Crippen LogP contribution in [0.4, 0.5) is 5.82 Å². The molecular formula is C23H44N3O9PSi. The molecule has 14 heteroatoms. The van der Waals surface area contributed by atoms with Gasteiger partial charge in [0.1, 0.15) is 18.0 Å². The molecule has 0 aliphatic carbocycles. The van der Waals surface area contributed by atoms with Gasteiger partial charge in [-0.3, -0.25) is 9.13 Å². The molecule has 0 aromatic carbocycles. The Morgan fingerprint density at radius 3 is 2.35 bits per heavy atom. The van der Waals surface area contributed by atoms with Crippen LogP contribution in [-0.4, -0.2) is 67.8 Å². The molecule has 1 aromatic rings. The minimum absolute atomic E-state index is 0.00488. The average Bonchev–Trinajstić information content (AvgIpc) is 3.05. The van der Waals surface area contributed by atoms with Crippen molar-refractivity contribution in [2.45, 2.75) is 122 Å². The van der Waals surface area contributed by atoms with Crippen LogP contribution in [0.2, 0.25) is 18.1 Å². The molecule has 1 saturated heterocycles. The van der Waals surface area contributed by atoms with Gasteiger partial charge in [-0.1, -0.05) is 34.6 Å². The van der Waals surface area contributed by atoms with Crippen LogP contribution < -0.4 is 11.4 Å². The minimum atomic E-state index is -4.42.